The summed E-state index contributed by atoms with van der Waals surface area (Å²) in [6.45, 7) is 4.98. The van der Waals surface area contributed by atoms with E-state index in [1.165, 1.54) is 25.1 Å². The summed E-state index contributed by atoms with van der Waals surface area (Å²) in [4.78, 5) is 37.0. The fourth-order valence-electron chi connectivity index (χ4n) is 3.11. The van der Waals surface area contributed by atoms with E-state index in [1.807, 2.05) is 0 Å². The third kappa shape index (κ3) is 5.08. The van der Waals surface area contributed by atoms with Crippen molar-refractivity contribution in [2.75, 3.05) is 23.0 Å². The zero-order valence-electron chi connectivity index (χ0n) is 17.9. The van der Waals surface area contributed by atoms with Crippen LogP contribution in [0.3, 0.4) is 0 Å². The maximum absolute atomic E-state index is 12.8. The van der Waals surface area contributed by atoms with Crippen molar-refractivity contribution in [3.8, 4) is 11.5 Å². The number of hydrogen-bond donors (Lipinski definition) is 2. The van der Waals surface area contributed by atoms with Gasteiger partial charge in [-0.2, -0.15) is 0 Å². The number of Topliss-reactive ketones (excluding diaryl/α,β-unsaturated/α-hetero) is 1. The van der Waals surface area contributed by atoms with Crippen molar-refractivity contribution in [3.05, 3.63) is 48.0 Å². The number of fused-ring (bicyclic) bond motifs is 1. The predicted octanol–water partition coefficient (Wildman–Crippen LogP) is 2.43. The van der Waals surface area contributed by atoms with Crippen LogP contribution < -0.4 is 20.1 Å². The van der Waals surface area contributed by atoms with Crippen molar-refractivity contribution in [1.29, 1.82) is 0 Å². The van der Waals surface area contributed by atoms with Crippen molar-refractivity contribution in [2.24, 2.45) is 0 Å². The molecule has 2 atom stereocenters. The van der Waals surface area contributed by atoms with Gasteiger partial charge in [0, 0.05) is 5.56 Å². The number of ketones is 1. The second kappa shape index (κ2) is 9.39. The highest BCUT2D eigenvalue weighted by Crippen LogP contribution is 2.31. The van der Waals surface area contributed by atoms with Crippen molar-refractivity contribution in [1.82, 2.24) is 0 Å². The van der Waals surface area contributed by atoms with Gasteiger partial charge in [-0.15, -0.1) is 0 Å². The van der Waals surface area contributed by atoms with E-state index in [4.69, 9.17) is 9.47 Å². The first-order valence-corrected chi connectivity index (χ1v) is 11.7. The Bertz CT molecular complexity index is 1160. The van der Waals surface area contributed by atoms with Crippen LogP contribution in [0.25, 0.3) is 0 Å². The van der Waals surface area contributed by atoms with Crippen molar-refractivity contribution < 1.29 is 32.3 Å². The molecule has 0 spiro atoms. The van der Waals surface area contributed by atoms with Gasteiger partial charge in [0.15, 0.2) is 21.7 Å². The number of para-hydroxylation sites is 2. The maximum atomic E-state index is 12.8. The van der Waals surface area contributed by atoms with Gasteiger partial charge < -0.3 is 20.1 Å². The highest BCUT2D eigenvalue weighted by molar-refractivity contribution is 7.93. The van der Waals surface area contributed by atoms with Gasteiger partial charge in [-0.3, -0.25) is 14.4 Å². The Labute approximate surface area is 186 Å². The van der Waals surface area contributed by atoms with Crippen molar-refractivity contribution in [3.63, 3.8) is 0 Å². The number of rotatable bonds is 8. The molecule has 32 heavy (non-hydrogen) atoms. The Hall–Kier alpha value is -3.40. The highest BCUT2D eigenvalue weighted by Gasteiger charge is 2.32. The smallest absolute Gasteiger partial charge is 0.265 e. The number of nitrogens with one attached hydrogen (secondary N) is 2. The monoisotopic (exact) mass is 460 g/mol. The zero-order chi connectivity index (χ0) is 23.5. The van der Waals surface area contributed by atoms with Gasteiger partial charge in [0.2, 0.25) is 5.91 Å². The second-order valence-electron chi connectivity index (χ2n) is 7.25. The number of carbonyl (C=O) groups is 3. The van der Waals surface area contributed by atoms with E-state index in [0.717, 1.165) is 0 Å². The Balaban J connectivity index is 1.72. The van der Waals surface area contributed by atoms with E-state index in [-0.39, 0.29) is 17.2 Å². The fourth-order valence-corrected chi connectivity index (χ4v) is 4.25. The van der Waals surface area contributed by atoms with Crippen LogP contribution >= 0.6 is 0 Å². The number of carbonyl (C=O) groups excluding carboxylic acids is 3. The van der Waals surface area contributed by atoms with Gasteiger partial charge in [0.05, 0.1) is 18.0 Å². The summed E-state index contributed by atoms with van der Waals surface area (Å²) in [5.74, 6) is -1.91. The molecule has 1 heterocycles. The zero-order valence-corrected chi connectivity index (χ0v) is 18.7. The maximum Gasteiger partial charge on any atom is 0.265 e. The minimum Gasteiger partial charge on any atom is -0.492 e. The van der Waals surface area contributed by atoms with Crippen LogP contribution in [0.5, 0.6) is 11.5 Å². The van der Waals surface area contributed by atoms with Gasteiger partial charge >= 0.3 is 0 Å². The number of benzene rings is 2. The molecule has 9 nitrogen and oxygen atoms in total. The van der Waals surface area contributed by atoms with E-state index in [9.17, 15) is 22.8 Å². The van der Waals surface area contributed by atoms with Crippen molar-refractivity contribution >= 4 is 38.8 Å². The van der Waals surface area contributed by atoms with Crippen LogP contribution in [0.2, 0.25) is 0 Å². The summed E-state index contributed by atoms with van der Waals surface area (Å²) >= 11 is 0. The summed E-state index contributed by atoms with van der Waals surface area (Å²) in [6.07, 6.45) is -0.672. The lowest BCUT2D eigenvalue weighted by Crippen LogP contribution is -2.35. The molecule has 0 radical (unpaired) electrons. The number of sulfone groups is 1. The first kappa shape index (κ1) is 23.3. The van der Waals surface area contributed by atoms with Crippen LogP contribution in [-0.2, 0) is 19.4 Å². The summed E-state index contributed by atoms with van der Waals surface area (Å²) in [6, 6.07) is 10.9. The SMILES string of the molecule is CCOc1ccccc1NC(=O)CS(=O)(=O)C(C)C(=O)c1ccc2c(c1)NC(=O)C(C)O2. The van der Waals surface area contributed by atoms with Gasteiger partial charge in [-0.05, 0) is 51.1 Å². The Morgan fingerprint density at radius 3 is 2.66 bits per heavy atom. The molecule has 2 amide bonds. The molecule has 0 bridgehead atoms. The van der Waals surface area contributed by atoms with Gasteiger partial charge in [-0.1, -0.05) is 12.1 Å². The first-order chi connectivity index (χ1) is 15.1. The summed E-state index contributed by atoms with van der Waals surface area (Å²) < 4.78 is 36.3. The largest absolute Gasteiger partial charge is 0.492 e. The number of hydrogen-bond acceptors (Lipinski definition) is 7. The topological polar surface area (TPSA) is 128 Å². The molecular weight excluding hydrogens is 436 g/mol. The summed E-state index contributed by atoms with van der Waals surface area (Å²) in [5.41, 5.74) is 0.711. The lowest BCUT2D eigenvalue weighted by Gasteiger charge is -2.23. The van der Waals surface area contributed by atoms with E-state index in [2.05, 4.69) is 10.6 Å². The third-order valence-electron chi connectivity index (χ3n) is 4.90. The highest BCUT2D eigenvalue weighted by atomic mass is 32.2. The first-order valence-electron chi connectivity index (χ1n) is 10.0. The second-order valence-corrected chi connectivity index (χ2v) is 9.57. The average molecular weight is 461 g/mol. The molecule has 170 valence electrons. The molecule has 2 unspecified atom stereocenters. The Morgan fingerprint density at radius 1 is 1.22 bits per heavy atom. The van der Waals surface area contributed by atoms with Gasteiger partial charge in [0.1, 0.15) is 22.5 Å². The molecule has 0 saturated heterocycles. The van der Waals surface area contributed by atoms with Crippen LogP contribution in [0.1, 0.15) is 31.1 Å². The van der Waals surface area contributed by atoms with E-state index < -0.39 is 38.6 Å². The Morgan fingerprint density at radius 2 is 1.94 bits per heavy atom. The van der Waals surface area contributed by atoms with E-state index in [1.54, 1.807) is 38.1 Å². The minimum absolute atomic E-state index is 0.0837. The number of amides is 2. The molecule has 3 rings (SSSR count). The lowest BCUT2D eigenvalue weighted by molar-refractivity contribution is -0.122. The summed E-state index contributed by atoms with van der Waals surface area (Å²) in [5, 5.41) is 3.67. The molecule has 2 aromatic carbocycles. The third-order valence-corrected chi connectivity index (χ3v) is 6.85. The van der Waals surface area contributed by atoms with Crippen molar-refractivity contribution in [2.45, 2.75) is 32.1 Å². The molecule has 1 aliphatic heterocycles. The summed E-state index contributed by atoms with van der Waals surface area (Å²) in [7, 11) is -4.11. The molecule has 0 fully saturated rings. The van der Waals surface area contributed by atoms with Crippen LogP contribution in [0.15, 0.2) is 42.5 Å². The van der Waals surface area contributed by atoms with E-state index in [0.29, 0.717) is 23.8 Å². The number of anilines is 2. The molecule has 1 aliphatic rings. The standard InChI is InChI=1S/C22H24N2O7S/c1-4-30-18-8-6-5-7-16(18)23-20(25)12-32(28,29)14(3)21(26)15-9-10-19-17(11-15)24-22(27)13(2)31-19/h5-11,13-14H,4,12H2,1-3H3,(H,23,25)(H,24,27). The molecule has 0 aliphatic carbocycles. The van der Waals surface area contributed by atoms with Crippen LogP contribution in [-0.4, -0.2) is 49.7 Å². The normalized spacial score (nSPS) is 16.2. The van der Waals surface area contributed by atoms with Crippen LogP contribution in [0, 0.1) is 0 Å². The number of ether oxygens (including phenoxy) is 2. The van der Waals surface area contributed by atoms with E-state index >= 15 is 0 Å². The fraction of sp³-hybridized carbons (Fsp3) is 0.318. The molecule has 2 aromatic rings. The minimum atomic E-state index is -4.11. The molecule has 2 N–H and O–H groups in total. The van der Waals surface area contributed by atoms with Gasteiger partial charge in [0.25, 0.3) is 5.91 Å². The quantitative estimate of drug-likeness (QED) is 0.579. The van der Waals surface area contributed by atoms with Crippen LogP contribution in [0.4, 0.5) is 11.4 Å². The molecular formula is C22H24N2O7S. The van der Waals surface area contributed by atoms with Gasteiger partial charge in [-0.25, -0.2) is 8.42 Å². The molecule has 0 saturated carbocycles. The Kier molecular flexibility index (Phi) is 6.83. The molecule has 0 aromatic heterocycles. The lowest BCUT2D eigenvalue weighted by atomic mass is 10.1. The average Bonchev–Trinajstić information content (AvgIpc) is 2.74. The molecule has 10 heteroatoms. The predicted molar refractivity (Wildman–Crippen MR) is 119 cm³/mol.